The molecule has 2 saturated heterocycles. The van der Waals surface area contributed by atoms with E-state index in [4.69, 9.17) is 31.3 Å². The number of carbonyl (C=O) groups excluding carboxylic acids is 2. The fourth-order valence-corrected chi connectivity index (χ4v) is 5.80. The van der Waals surface area contributed by atoms with Crippen molar-refractivity contribution in [2.24, 2.45) is 11.5 Å². The summed E-state index contributed by atoms with van der Waals surface area (Å²) >= 11 is 0. The van der Waals surface area contributed by atoms with Crippen LogP contribution in [0.4, 0.5) is 26.3 Å². The maximum atomic E-state index is 13.5. The van der Waals surface area contributed by atoms with E-state index in [-0.39, 0.29) is 34.3 Å². The van der Waals surface area contributed by atoms with Crippen LogP contribution in [0.15, 0.2) is 97.1 Å². The number of carbonyl (C=O) groups is 4. The lowest BCUT2D eigenvalue weighted by atomic mass is 9.97. The first-order chi connectivity index (χ1) is 27.3. The summed E-state index contributed by atoms with van der Waals surface area (Å²) in [5.74, 6) is 5.43. The summed E-state index contributed by atoms with van der Waals surface area (Å²) < 4.78 is 80.8. The molecule has 2 fully saturated rings. The van der Waals surface area contributed by atoms with Gasteiger partial charge in [-0.3, -0.25) is 9.59 Å². The third-order valence-corrected chi connectivity index (χ3v) is 8.65. The van der Waals surface area contributed by atoms with Crippen LogP contribution in [-0.4, -0.2) is 82.0 Å². The molecule has 0 saturated carbocycles. The molecule has 0 aromatic heterocycles. The van der Waals surface area contributed by atoms with Gasteiger partial charge < -0.3 is 31.5 Å². The summed E-state index contributed by atoms with van der Waals surface area (Å²) in [6, 6.07) is 24.3. The van der Waals surface area contributed by atoms with E-state index in [0.29, 0.717) is 50.1 Å². The van der Waals surface area contributed by atoms with Gasteiger partial charge in [0.2, 0.25) is 0 Å². The molecular formula is C42H36F6N4O6. The van der Waals surface area contributed by atoms with Gasteiger partial charge in [0, 0.05) is 61.2 Å². The van der Waals surface area contributed by atoms with Gasteiger partial charge in [-0.1, -0.05) is 84.6 Å². The Morgan fingerprint density at radius 1 is 0.569 bits per heavy atom. The molecule has 58 heavy (non-hydrogen) atoms. The van der Waals surface area contributed by atoms with E-state index in [2.05, 4.69) is 23.7 Å². The third kappa shape index (κ3) is 12.7. The number of nitrogens with two attached hydrogens (primary N) is 2. The fraction of sp³-hybridized carbons (Fsp3) is 0.238. The number of hydrogen-bond acceptors (Lipinski definition) is 6. The van der Waals surface area contributed by atoms with E-state index < -0.39 is 47.2 Å². The second kappa shape index (κ2) is 19.5. The molecule has 2 heterocycles. The molecule has 2 aliphatic heterocycles. The van der Waals surface area contributed by atoms with Crippen LogP contribution in [0, 0.1) is 23.7 Å². The highest BCUT2D eigenvalue weighted by molar-refractivity contribution is 6.27. The van der Waals surface area contributed by atoms with Crippen molar-refractivity contribution < 1.29 is 55.7 Å². The Kier molecular flexibility index (Phi) is 14.8. The van der Waals surface area contributed by atoms with E-state index in [9.17, 15) is 35.9 Å². The number of carboxylic acids is 2. The van der Waals surface area contributed by atoms with Crippen molar-refractivity contribution in [3.8, 4) is 45.9 Å². The first-order valence-electron chi connectivity index (χ1n) is 17.5. The number of rotatable bonds is 2. The van der Waals surface area contributed by atoms with Crippen LogP contribution >= 0.6 is 0 Å². The molecule has 2 aliphatic rings. The van der Waals surface area contributed by atoms with Gasteiger partial charge in [-0.25, -0.2) is 9.59 Å². The molecule has 4 aromatic rings. The van der Waals surface area contributed by atoms with E-state index >= 15 is 0 Å². The number of nitrogens with zero attached hydrogens (tertiary/aromatic N) is 2. The lowest BCUT2D eigenvalue weighted by Gasteiger charge is -2.13. The molecular weight excluding hydrogens is 770 g/mol. The van der Waals surface area contributed by atoms with Crippen LogP contribution < -0.4 is 11.5 Å². The van der Waals surface area contributed by atoms with Crippen LogP contribution in [0.1, 0.15) is 35.1 Å². The minimum absolute atomic E-state index is 0.0669. The zero-order valence-corrected chi connectivity index (χ0v) is 30.5. The van der Waals surface area contributed by atoms with Gasteiger partial charge in [0.1, 0.15) is 0 Å². The Hall–Kier alpha value is -6.62. The van der Waals surface area contributed by atoms with E-state index in [1.54, 1.807) is 60.7 Å². The van der Waals surface area contributed by atoms with Gasteiger partial charge in [-0.05, 0) is 59.4 Å². The van der Waals surface area contributed by atoms with Crippen molar-refractivity contribution in [3.63, 3.8) is 0 Å². The number of halogens is 6. The average molecular weight is 807 g/mol. The molecule has 0 bridgehead atoms. The number of hydrogen-bond donors (Lipinski definition) is 4. The summed E-state index contributed by atoms with van der Waals surface area (Å²) in [5, 5.41) is 14.8. The first-order valence-corrected chi connectivity index (χ1v) is 17.5. The standard InChI is InChI=1S/2C20H17F3N2O.C2H2O4/c2*21-20(22,23)18-12-14(6-8-17(18)15-4-2-1-3-5-15)7-9-19(26)25-11-10-16(24)13-25;3-1(4)2(5)6/h2*1-6,8,12,16H,10-11,13,24H2;(H,3,4)(H,5,6)/t2*16-;/m00./s1. The summed E-state index contributed by atoms with van der Waals surface area (Å²) in [6.45, 7) is 1.90. The Morgan fingerprint density at radius 2 is 0.914 bits per heavy atom. The topological polar surface area (TPSA) is 167 Å². The third-order valence-electron chi connectivity index (χ3n) is 8.65. The first kappa shape index (κ1) is 44.1. The maximum Gasteiger partial charge on any atom is 0.417 e. The number of alkyl halides is 6. The molecule has 10 nitrogen and oxygen atoms in total. The van der Waals surface area contributed by atoms with E-state index in [1.807, 2.05) is 0 Å². The minimum atomic E-state index is -4.52. The normalized spacial score (nSPS) is 15.9. The summed E-state index contributed by atoms with van der Waals surface area (Å²) in [4.78, 5) is 45.2. The number of benzene rings is 4. The molecule has 0 unspecified atom stereocenters. The Morgan fingerprint density at radius 3 is 1.19 bits per heavy atom. The van der Waals surface area contributed by atoms with Gasteiger partial charge in [-0.15, -0.1) is 0 Å². The number of amides is 2. The molecule has 6 rings (SSSR count). The van der Waals surface area contributed by atoms with E-state index in [1.165, 1.54) is 34.1 Å². The second-order valence-corrected chi connectivity index (χ2v) is 13.0. The molecule has 2 amide bonds. The highest BCUT2D eigenvalue weighted by Crippen LogP contribution is 2.38. The zero-order valence-electron chi connectivity index (χ0n) is 30.5. The van der Waals surface area contributed by atoms with Crippen LogP contribution in [0.25, 0.3) is 22.3 Å². The number of aliphatic carboxylic acids is 2. The van der Waals surface area contributed by atoms with E-state index in [0.717, 1.165) is 12.1 Å². The van der Waals surface area contributed by atoms with Gasteiger partial charge in [0.15, 0.2) is 0 Å². The number of likely N-dealkylation sites (tertiary alicyclic amines) is 2. The molecule has 16 heteroatoms. The Labute approximate surface area is 329 Å². The number of carboxylic acid groups (broad SMARTS) is 2. The van der Waals surface area contributed by atoms with Gasteiger partial charge in [0.05, 0.1) is 11.1 Å². The molecule has 2 atom stereocenters. The molecule has 0 radical (unpaired) electrons. The summed E-state index contributed by atoms with van der Waals surface area (Å²) in [6.07, 6.45) is -7.63. The fourth-order valence-electron chi connectivity index (χ4n) is 5.80. The van der Waals surface area contributed by atoms with Gasteiger partial charge in [0.25, 0.3) is 11.8 Å². The van der Waals surface area contributed by atoms with Crippen LogP contribution in [0.3, 0.4) is 0 Å². The van der Waals surface area contributed by atoms with Crippen molar-refractivity contribution in [2.45, 2.75) is 37.3 Å². The Bertz CT molecular complexity index is 2080. The van der Waals surface area contributed by atoms with Crippen LogP contribution in [-0.2, 0) is 31.5 Å². The van der Waals surface area contributed by atoms with Crippen molar-refractivity contribution in [2.75, 3.05) is 26.2 Å². The highest BCUT2D eigenvalue weighted by Gasteiger charge is 2.35. The maximum absolute atomic E-state index is 13.5. The average Bonchev–Trinajstić information content (AvgIpc) is 3.84. The molecule has 0 aliphatic carbocycles. The lowest BCUT2D eigenvalue weighted by molar-refractivity contribution is -0.159. The lowest BCUT2D eigenvalue weighted by Crippen LogP contribution is -2.30. The van der Waals surface area contributed by atoms with Crippen LogP contribution in [0.2, 0.25) is 0 Å². The summed E-state index contributed by atoms with van der Waals surface area (Å²) in [7, 11) is 0. The second-order valence-electron chi connectivity index (χ2n) is 13.0. The Balaban J connectivity index is 0.000000225. The smallest absolute Gasteiger partial charge is 0.417 e. The molecule has 0 spiro atoms. The molecule has 4 aromatic carbocycles. The molecule has 6 N–H and O–H groups in total. The predicted octanol–water partition coefficient (Wildman–Crippen LogP) is 5.72. The van der Waals surface area contributed by atoms with Crippen molar-refractivity contribution in [1.29, 1.82) is 0 Å². The van der Waals surface area contributed by atoms with Gasteiger partial charge in [-0.2, -0.15) is 26.3 Å². The predicted molar refractivity (Wildman–Crippen MR) is 201 cm³/mol. The minimum Gasteiger partial charge on any atom is -0.473 e. The monoisotopic (exact) mass is 806 g/mol. The zero-order chi connectivity index (χ0) is 42.6. The summed E-state index contributed by atoms with van der Waals surface area (Å²) in [5.41, 5.74) is 11.4. The quantitative estimate of drug-likeness (QED) is 0.113. The van der Waals surface area contributed by atoms with Crippen molar-refractivity contribution in [3.05, 3.63) is 119 Å². The van der Waals surface area contributed by atoms with Crippen LogP contribution in [0.5, 0.6) is 0 Å². The SMILES string of the molecule is N[C@H]1CCN(C(=O)C#Cc2ccc(-c3ccccc3)c(C(F)(F)F)c2)C1.N[C@H]1CCN(C(=O)C#Cc2ccc(-c3ccccc3)c(C(F)(F)F)c2)C1.O=C(O)C(=O)O. The largest absolute Gasteiger partial charge is 0.473 e. The van der Waals surface area contributed by atoms with Crippen molar-refractivity contribution >= 4 is 23.8 Å². The van der Waals surface area contributed by atoms with Crippen molar-refractivity contribution in [1.82, 2.24) is 9.80 Å². The highest BCUT2D eigenvalue weighted by atomic mass is 19.4. The molecule has 302 valence electrons. The van der Waals surface area contributed by atoms with Gasteiger partial charge >= 0.3 is 24.3 Å².